The first-order chi connectivity index (χ1) is 14.9. The number of hydrogen-bond acceptors (Lipinski definition) is 4. The molecule has 0 bridgehead atoms. The van der Waals surface area contributed by atoms with E-state index in [2.05, 4.69) is 4.90 Å². The van der Waals surface area contributed by atoms with Gasteiger partial charge in [-0.3, -0.25) is 9.69 Å². The summed E-state index contributed by atoms with van der Waals surface area (Å²) in [4.78, 5) is 17.3. The van der Waals surface area contributed by atoms with Crippen molar-refractivity contribution in [3.8, 4) is 0 Å². The molecule has 2 fully saturated rings. The van der Waals surface area contributed by atoms with Crippen molar-refractivity contribution < 1.29 is 17.6 Å². The van der Waals surface area contributed by atoms with Gasteiger partial charge in [0.05, 0.1) is 4.90 Å². The molecule has 0 spiro atoms. The molecule has 1 amide bonds. The molecule has 2 heterocycles. The van der Waals surface area contributed by atoms with E-state index in [4.69, 9.17) is 0 Å². The summed E-state index contributed by atoms with van der Waals surface area (Å²) in [5.74, 6) is -0.221. The Labute approximate surface area is 183 Å². The smallest absolute Gasteiger partial charge is 0.243 e. The van der Waals surface area contributed by atoms with Crippen molar-refractivity contribution >= 4 is 15.9 Å². The molecule has 0 atom stereocenters. The average molecular weight is 446 g/mol. The van der Waals surface area contributed by atoms with Crippen LogP contribution in [0.4, 0.5) is 4.39 Å². The van der Waals surface area contributed by atoms with E-state index in [0.717, 1.165) is 0 Å². The maximum absolute atomic E-state index is 13.9. The summed E-state index contributed by atoms with van der Waals surface area (Å²) in [7, 11) is -3.51. The second-order valence-electron chi connectivity index (χ2n) is 8.18. The van der Waals surface area contributed by atoms with Gasteiger partial charge in [0.1, 0.15) is 5.82 Å². The van der Waals surface area contributed by atoms with Crippen molar-refractivity contribution in [3.05, 3.63) is 66.0 Å². The number of benzene rings is 2. The normalized spacial score (nSPS) is 19.5. The monoisotopic (exact) mass is 445 g/mol. The van der Waals surface area contributed by atoms with Crippen LogP contribution >= 0.6 is 0 Å². The Morgan fingerprint density at radius 1 is 0.871 bits per heavy atom. The zero-order valence-corrected chi connectivity index (χ0v) is 18.3. The number of sulfonamides is 1. The highest BCUT2D eigenvalue weighted by molar-refractivity contribution is 7.89. The minimum Gasteiger partial charge on any atom is -0.340 e. The summed E-state index contributed by atoms with van der Waals surface area (Å²) < 4.78 is 40.9. The Bertz CT molecular complexity index is 1000. The van der Waals surface area contributed by atoms with Crippen LogP contribution in [0.2, 0.25) is 0 Å². The highest BCUT2D eigenvalue weighted by Gasteiger charge is 2.34. The first-order valence-electron chi connectivity index (χ1n) is 10.7. The van der Waals surface area contributed by atoms with E-state index in [-0.39, 0.29) is 17.6 Å². The molecule has 6 nitrogen and oxygen atoms in total. The van der Waals surface area contributed by atoms with E-state index < -0.39 is 10.0 Å². The number of carbonyl (C=O) groups excluding carboxylic acids is 1. The molecule has 2 aliphatic rings. The molecule has 4 rings (SSSR count). The number of piperazine rings is 1. The van der Waals surface area contributed by atoms with Crippen molar-refractivity contribution in [2.75, 3.05) is 39.3 Å². The van der Waals surface area contributed by atoms with Crippen LogP contribution in [-0.2, 0) is 21.4 Å². The SMILES string of the molecule is O=C(C1CCN(S(=O)(=O)c2ccccc2)CC1)N1CCN(Cc2ccccc2F)CC1. The van der Waals surface area contributed by atoms with E-state index in [1.807, 2.05) is 11.0 Å². The zero-order valence-electron chi connectivity index (χ0n) is 17.5. The minimum atomic E-state index is -3.51. The van der Waals surface area contributed by atoms with Crippen molar-refractivity contribution in [2.24, 2.45) is 5.92 Å². The lowest BCUT2D eigenvalue weighted by Gasteiger charge is -2.38. The van der Waals surface area contributed by atoms with Crippen LogP contribution in [0.5, 0.6) is 0 Å². The lowest BCUT2D eigenvalue weighted by atomic mass is 9.96. The third-order valence-corrected chi connectivity index (χ3v) is 8.13. The van der Waals surface area contributed by atoms with Crippen LogP contribution in [-0.4, -0.2) is 67.7 Å². The number of halogens is 1. The van der Waals surface area contributed by atoms with Crippen LogP contribution in [0.15, 0.2) is 59.5 Å². The molecular weight excluding hydrogens is 417 g/mol. The summed E-state index contributed by atoms with van der Waals surface area (Å²) in [6.07, 6.45) is 1.08. The van der Waals surface area contributed by atoms with Gasteiger partial charge in [-0.15, -0.1) is 0 Å². The topological polar surface area (TPSA) is 60.9 Å². The van der Waals surface area contributed by atoms with Gasteiger partial charge in [-0.2, -0.15) is 4.31 Å². The molecular formula is C23H28FN3O3S. The molecule has 0 aliphatic carbocycles. The molecule has 0 aromatic heterocycles. The number of rotatable bonds is 5. The molecule has 0 radical (unpaired) electrons. The summed E-state index contributed by atoms with van der Waals surface area (Å²) in [5, 5.41) is 0. The second kappa shape index (κ2) is 9.46. The zero-order chi connectivity index (χ0) is 21.8. The molecule has 2 aliphatic heterocycles. The van der Waals surface area contributed by atoms with Crippen molar-refractivity contribution in [3.63, 3.8) is 0 Å². The maximum atomic E-state index is 13.9. The third-order valence-electron chi connectivity index (χ3n) is 6.22. The van der Waals surface area contributed by atoms with Crippen molar-refractivity contribution in [2.45, 2.75) is 24.3 Å². The van der Waals surface area contributed by atoms with E-state index in [0.29, 0.717) is 69.1 Å². The lowest BCUT2D eigenvalue weighted by molar-refractivity contribution is -0.138. The van der Waals surface area contributed by atoms with Gasteiger partial charge in [-0.05, 0) is 31.0 Å². The Balaban J connectivity index is 1.27. The molecule has 2 saturated heterocycles. The number of amides is 1. The predicted molar refractivity (Wildman–Crippen MR) is 116 cm³/mol. The molecule has 166 valence electrons. The first-order valence-corrected chi connectivity index (χ1v) is 12.2. The number of hydrogen-bond donors (Lipinski definition) is 0. The number of piperidine rings is 1. The van der Waals surface area contributed by atoms with Gasteiger partial charge in [-0.25, -0.2) is 12.8 Å². The Morgan fingerprint density at radius 2 is 1.48 bits per heavy atom. The maximum Gasteiger partial charge on any atom is 0.243 e. The second-order valence-corrected chi connectivity index (χ2v) is 10.1. The molecule has 8 heteroatoms. The fourth-order valence-corrected chi connectivity index (χ4v) is 5.83. The van der Waals surface area contributed by atoms with E-state index in [1.165, 1.54) is 10.4 Å². The average Bonchev–Trinajstić information content (AvgIpc) is 2.81. The Morgan fingerprint density at radius 3 is 2.13 bits per heavy atom. The lowest BCUT2D eigenvalue weighted by Crippen LogP contribution is -2.51. The molecule has 0 unspecified atom stereocenters. The molecule has 2 aromatic carbocycles. The minimum absolute atomic E-state index is 0.113. The Kier molecular flexibility index (Phi) is 6.69. The third kappa shape index (κ3) is 4.97. The van der Waals surface area contributed by atoms with E-state index in [1.54, 1.807) is 42.5 Å². The van der Waals surface area contributed by atoms with Crippen LogP contribution in [0.3, 0.4) is 0 Å². The molecule has 0 N–H and O–H groups in total. The van der Waals surface area contributed by atoms with Gasteiger partial charge >= 0.3 is 0 Å². The van der Waals surface area contributed by atoms with Crippen molar-refractivity contribution in [1.82, 2.24) is 14.1 Å². The van der Waals surface area contributed by atoms with Gasteiger partial charge in [0.2, 0.25) is 15.9 Å². The van der Waals surface area contributed by atoms with Gasteiger partial charge in [0.25, 0.3) is 0 Å². The van der Waals surface area contributed by atoms with E-state index in [9.17, 15) is 17.6 Å². The highest BCUT2D eigenvalue weighted by Crippen LogP contribution is 2.25. The predicted octanol–water partition coefficient (Wildman–Crippen LogP) is 2.57. The van der Waals surface area contributed by atoms with E-state index >= 15 is 0 Å². The van der Waals surface area contributed by atoms with Gasteiger partial charge in [0, 0.05) is 57.3 Å². The summed E-state index contributed by atoms with van der Waals surface area (Å²) >= 11 is 0. The van der Waals surface area contributed by atoms with Gasteiger partial charge in [-0.1, -0.05) is 36.4 Å². The fourth-order valence-electron chi connectivity index (χ4n) is 4.34. The van der Waals surface area contributed by atoms with Crippen LogP contribution in [0, 0.1) is 11.7 Å². The molecule has 2 aromatic rings. The molecule has 31 heavy (non-hydrogen) atoms. The number of carbonyl (C=O) groups is 1. The molecule has 0 saturated carbocycles. The van der Waals surface area contributed by atoms with Crippen LogP contribution in [0.25, 0.3) is 0 Å². The van der Waals surface area contributed by atoms with Crippen LogP contribution in [0.1, 0.15) is 18.4 Å². The largest absolute Gasteiger partial charge is 0.340 e. The quantitative estimate of drug-likeness (QED) is 0.710. The first kappa shape index (κ1) is 21.9. The van der Waals surface area contributed by atoms with Crippen LogP contribution < -0.4 is 0 Å². The Hall–Kier alpha value is -2.29. The standard InChI is InChI=1S/C23H28FN3O3S/c24-22-9-5-4-6-20(22)18-25-14-16-26(17-15-25)23(28)19-10-12-27(13-11-19)31(29,30)21-7-2-1-3-8-21/h1-9,19H,10-18H2. The van der Waals surface area contributed by atoms with Gasteiger partial charge in [0.15, 0.2) is 0 Å². The highest BCUT2D eigenvalue weighted by atomic mass is 32.2. The summed E-state index contributed by atoms with van der Waals surface area (Å²) in [6, 6.07) is 15.2. The number of nitrogens with zero attached hydrogens (tertiary/aromatic N) is 3. The van der Waals surface area contributed by atoms with Gasteiger partial charge < -0.3 is 4.90 Å². The fraction of sp³-hybridized carbons (Fsp3) is 0.435. The summed E-state index contributed by atoms with van der Waals surface area (Å²) in [6.45, 7) is 3.93. The van der Waals surface area contributed by atoms with Crippen molar-refractivity contribution in [1.29, 1.82) is 0 Å². The summed E-state index contributed by atoms with van der Waals surface area (Å²) in [5.41, 5.74) is 0.675.